The maximum atomic E-state index is 13.7. The van der Waals surface area contributed by atoms with E-state index in [0.717, 1.165) is 0 Å². The van der Waals surface area contributed by atoms with Crippen LogP contribution in [0.3, 0.4) is 0 Å². The van der Waals surface area contributed by atoms with Gasteiger partial charge in [-0.05, 0) is 13.8 Å². The van der Waals surface area contributed by atoms with E-state index in [2.05, 4.69) is 22.6 Å². The fourth-order valence-corrected chi connectivity index (χ4v) is 1.33. The van der Waals surface area contributed by atoms with Crippen LogP contribution in [0.15, 0.2) is 25.3 Å². The first-order valence-electron chi connectivity index (χ1n) is 6.05. The molecule has 23 heavy (non-hydrogen) atoms. The summed E-state index contributed by atoms with van der Waals surface area (Å²) in [5, 5.41) is 0. The van der Waals surface area contributed by atoms with Crippen LogP contribution in [0.5, 0.6) is 0 Å². The minimum Gasteiger partial charge on any atom is -0.453 e. The standard InChI is InChI=1S/C13H14F6O4/c1-5-9(20)22-7(3)11(14,15)13(18,19)12(16,17)8(4)23-10(21)6-2/h5-8H,1-2H2,3-4H3. The maximum Gasteiger partial charge on any atom is 0.379 e. The Morgan fingerprint density at radius 2 is 1.09 bits per heavy atom. The van der Waals surface area contributed by atoms with Crippen LogP contribution >= 0.6 is 0 Å². The maximum absolute atomic E-state index is 13.7. The van der Waals surface area contributed by atoms with Crippen LogP contribution in [0.25, 0.3) is 0 Å². The van der Waals surface area contributed by atoms with Gasteiger partial charge in [-0.3, -0.25) is 0 Å². The summed E-state index contributed by atoms with van der Waals surface area (Å²) in [6, 6.07) is 0. The van der Waals surface area contributed by atoms with E-state index in [9.17, 15) is 35.9 Å². The fraction of sp³-hybridized carbons (Fsp3) is 0.538. The average Bonchev–Trinajstić information content (AvgIpc) is 2.45. The van der Waals surface area contributed by atoms with Gasteiger partial charge in [0.15, 0.2) is 12.2 Å². The monoisotopic (exact) mass is 348 g/mol. The molecule has 0 saturated carbocycles. The summed E-state index contributed by atoms with van der Waals surface area (Å²) in [5.41, 5.74) is 0. The molecule has 10 heteroatoms. The number of hydrogen-bond acceptors (Lipinski definition) is 4. The predicted molar refractivity (Wildman–Crippen MR) is 66.3 cm³/mol. The van der Waals surface area contributed by atoms with E-state index >= 15 is 0 Å². The van der Waals surface area contributed by atoms with Crippen molar-refractivity contribution in [2.75, 3.05) is 0 Å². The smallest absolute Gasteiger partial charge is 0.379 e. The third kappa shape index (κ3) is 4.05. The fourth-order valence-electron chi connectivity index (χ4n) is 1.33. The van der Waals surface area contributed by atoms with Crippen LogP contribution in [-0.4, -0.2) is 41.9 Å². The average molecular weight is 348 g/mol. The van der Waals surface area contributed by atoms with E-state index in [0.29, 0.717) is 26.0 Å². The van der Waals surface area contributed by atoms with E-state index in [-0.39, 0.29) is 0 Å². The van der Waals surface area contributed by atoms with Crippen LogP contribution in [0.2, 0.25) is 0 Å². The summed E-state index contributed by atoms with van der Waals surface area (Å²) in [7, 11) is 0. The number of hydrogen-bond donors (Lipinski definition) is 0. The zero-order valence-corrected chi connectivity index (χ0v) is 12.1. The van der Waals surface area contributed by atoms with Gasteiger partial charge in [-0.1, -0.05) is 13.2 Å². The van der Waals surface area contributed by atoms with Crippen molar-refractivity contribution in [1.82, 2.24) is 0 Å². The molecule has 132 valence electrons. The number of carbonyl (C=O) groups excluding carboxylic acids is 2. The SMILES string of the molecule is C=CC(=O)OC(C)C(F)(F)C(F)(F)C(F)(F)C(C)OC(=O)C=C. The molecule has 0 aromatic carbocycles. The Hall–Kier alpha value is -2.00. The lowest BCUT2D eigenvalue weighted by Crippen LogP contribution is -2.63. The highest BCUT2D eigenvalue weighted by Gasteiger charge is 2.76. The molecule has 0 fully saturated rings. The quantitative estimate of drug-likeness (QED) is 0.384. The first-order chi connectivity index (χ1) is 10.3. The normalized spacial score (nSPS) is 15.3. The first-order valence-corrected chi connectivity index (χ1v) is 6.05. The minimum atomic E-state index is -5.98. The number of halogens is 6. The summed E-state index contributed by atoms with van der Waals surface area (Å²) in [4.78, 5) is 21.6. The third-order valence-electron chi connectivity index (χ3n) is 2.78. The molecule has 0 N–H and O–H groups in total. The van der Waals surface area contributed by atoms with Crippen LogP contribution in [0.1, 0.15) is 13.8 Å². The van der Waals surface area contributed by atoms with Crippen LogP contribution < -0.4 is 0 Å². The molecule has 2 unspecified atom stereocenters. The predicted octanol–water partition coefficient (Wildman–Crippen LogP) is 3.13. The van der Waals surface area contributed by atoms with Gasteiger partial charge >= 0.3 is 29.7 Å². The molecular weight excluding hydrogens is 334 g/mol. The zero-order chi connectivity index (χ0) is 18.6. The van der Waals surface area contributed by atoms with Gasteiger partial charge in [-0.25, -0.2) is 9.59 Å². The molecule has 0 aliphatic heterocycles. The van der Waals surface area contributed by atoms with Crippen molar-refractivity contribution < 1.29 is 45.4 Å². The van der Waals surface area contributed by atoms with Crippen LogP contribution in [-0.2, 0) is 19.1 Å². The molecule has 0 spiro atoms. The first kappa shape index (κ1) is 21.0. The Morgan fingerprint density at radius 3 is 1.30 bits per heavy atom. The second-order valence-corrected chi connectivity index (χ2v) is 4.39. The van der Waals surface area contributed by atoms with Crippen molar-refractivity contribution in [3.05, 3.63) is 25.3 Å². The lowest BCUT2D eigenvalue weighted by molar-refractivity contribution is -0.348. The van der Waals surface area contributed by atoms with Gasteiger partial charge in [-0.2, -0.15) is 26.3 Å². The molecule has 0 amide bonds. The number of esters is 2. The second-order valence-electron chi connectivity index (χ2n) is 4.39. The van der Waals surface area contributed by atoms with Crippen LogP contribution in [0, 0.1) is 0 Å². The Kier molecular flexibility index (Phi) is 6.44. The Morgan fingerprint density at radius 1 is 0.826 bits per heavy atom. The molecule has 0 radical (unpaired) electrons. The van der Waals surface area contributed by atoms with Gasteiger partial charge in [0.05, 0.1) is 0 Å². The molecule has 0 aromatic heterocycles. The van der Waals surface area contributed by atoms with Crippen molar-refractivity contribution in [2.24, 2.45) is 0 Å². The summed E-state index contributed by atoms with van der Waals surface area (Å²) >= 11 is 0. The van der Waals surface area contributed by atoms with Gasteiger partial charge in [0.2, 0.25) is 0 Å². The van der Waals surface area contributed by atoms with E-state index in [1.54, 1.807) is 0 Å². The minimum absolute atomic E-state index is 0.311. The highest BCUT2D eigenvalue weighted by Crippen LogP contribution is 2.50. The number of rotatable bonds is 8. The van der Waals surface area contributed by atoms with E-state index in [4.69, 9.17) is 0 Å². The molecule has 0 aliphatic rings. The van der Waals surface area contributed by atoms with Crippen molar-refractivity contribution in [3.8, 4) is 0 Å². The largest absolute Gasteiger partial charge is 0.453 e. The Labute approximate surface area is 127 Å². The molecule has 0 aliphatic carbocycles. The van der Waals surface area contributed by atoms with Gasteiger partial charge < -0.3 is 9.47 Å². The summed E-state index contributed by atoms with van der Waals surface area (Å²) < 4.78 is 89.7. The van der Waals surface area contributed by atoms with E-state index in [1.807, 2.05) is 0 Å². The van der Waals surface area contributed by atoms with E-state index in [1.165, 1.54) is 0 Å². The van der Waals surface area contributed by atoms with Crippen molar-refractivity contribution in [1.29, 1.82) is 0 Å². The summed E-state index contributed by atoms with van der Waals surface area (Å²) in [6.45, 7) is 6.33. The number of ether oxygens (including phenoxy) is 2. The molecule has 4 nitrogen and oxygen atoms in total. The highest BCUT2D eigenvalue weighted by molar-refractivity contribution is 5.81. The molecule has 0 heterocycles. The molecule has 0 aromatic rings. The highest BCUT2D eigenvalue weighted by atomic mass is 19.3. The number of carbonyl (C=O) groups is 2. The van der Waals surface area contributed by atoms with Crippen molar-refractivity contribution in [3.63, 3.8) is 0 Å². The Bertz CT molecular complexity index is 447. The van der Waals surface area contributed by atoms with Gasteiger partial charge in [0, 0.05) is 12.2 Å². The lowest BCUT2D eigenvalue weighted by atomic mass is 9.97. The Balaban J connectivity index is 5.54. The summed E-state index contributed by atoms with van der Waals surface area (Å²) in [6.07, 6.45) is -4.98. The molecule has 0 saturated heterocycles. The molecule has 2 atom stereocenters. The van der Waals surface area contributed by atoms with Gasteiger partial charge in [0.25, 0.3) is 0 Å². The topological polar surface area (TPSA) is 52.6 Å². The lowest BCUT2D eigenvalue weighted by Gasteiger charge is -2.37. The van der Waals surface area contributed by atoms with Gasteiger partial charge in [0.1, 0.15) is 0 Å². The van der Waals surface area contributed by atoms with Crippen molar-refractivity contribution in [2.45, 2.75) is 43.8 Å². The molecule has 0 bridgehead atoms. The van der Waals surface area contributed by atoms with E-state index < -0.39 is 41.9 Å². The third-order valence-corrected chi connectivity index (χ3v) is 2.78. The zero-order valence-electron chi connectivity index (χ0n) is 12.1. The van der Waals surface area contributed by atoms with Crippen molar-refractivity contribution >= 4 is 11.9 Å². The number of alkyl halides is 6. The van der Waals surface area contributed by atoms with Gasteiger partial charge in [-0.15, -0.1) is 0 Å². The molecular formula is C13H14F6O4. The molecule has 0 rings (SSSR count). The van der Waals surface area contributed by atoms with Crippen LogP contribution in [0.4, 0.5) is 26.3 Å². The summed E-state index contributed by atoms with van der Waals surface area (Å²) in [5.74, 6) is -19.9. The second kappa shape index (κ2) is 7.05.